The maximum atomic E-state index is 13.0. The third-order valence-corrected chi connectivity index (χ3v) is 8.57. The predicted octanol–water partition coefficient (Wildman–Crippen LogP) is 3.83. The molecular weight excluding hydrogens is 503 g/mol. The average Bonchev–Trinajstić information content (AvgIpc) is 3.60. The molecule has 0 saturated carbocycles. The van der Waals surface area contributed by atoms with E-state index in [4.69, 9.17) is 23.3 Å². The number of pyridine rings is 1. The molecule has 2 fully saturated rings. The summed E-state index contributed by atoms with van der Waals surface area (Å²) in [5.74, 6) is -0.697. The zero-order chi connectivity index (χ0) is 26.6. The van der Waals surface area contributed by atoms with Gasteiger partial charge in [-0.05, 0) is 45.1 Å². The maximum Gasteiger partial charge on any atom is 0.448 e. The van der Waals surface area contributed by atoms with E-state index in [9.17, 15) is 19.8 Å². The van der Waals surface area contributed by atoms with E-state index in [-0.39, 0.29) is 47.5 Å². The predicted molar refractivity (Wildman–Crippen MR) is 136 cm³/mol. The van der Waals surface area contributed by atoms with Crippen LogP contribution in [-0.2, 0) is 23.3 Å². The Morgan fingerprint density at radius 2 is 1.76 bits per heavy atom. The number of nitrogens with zero attached hydrogens (tertiary/aromatic N) is 2. The molecule has 11 nitrogen and oxygen atoms in total. The molecular formula is C25H32N2O9P+. The Hall–Kier alpha value is -2.53. The van der Waals surface area contributed by atoms with Crippen molar-refractivity contribution in [1.29, 1.82) is 0 Å². The van der Waals surface area contributed by atoms with Crippen molar-refractivity contribution in [1.82, 2.24) is 4.98 Å². The number of non-ortho nitro benzene ring substituents is 1. The second kappa shape index (κ2) is 11.9. The van der Waals surface area contributed by atoms with Gasteiger partial charge in [0.1, 0.15) is 13.2 Å². The monoisotopic (exact) mass is 535 g/mol. The summed E-state index contributed by atoms with van der Waals surface area (Å²) in [5, 5.41) is 11.7. The number of hydrogen-bond donors (Lipinski definition) is 1. The number of carbonyl (C=O) groups is 1. The van der Waals surface area contributed by atoms with Gasteiger partial charge in [0.25, 0.3) is 5.69 Å². The van der Waals surface area contributed by atoms with Crippen LogP contribution >= 0.6 is 7.94 Å². The van der Waals surface area contributed by atoms with Crippen LogP contribution < -0.4 is 5.30 Å². The lowest BCUT2D eigenvalue weighted by atomic mass is 9.97. The quantitative estimate of drug-likeness (QED) is 0.207. The van der Waals surface area contributed by atoms with E-state index in [0.29, 0.717) is 30.2 Å². The van der Waals surface area contributed by atoms with Gasteiger partial charge in [-0.15, -0.1) is 0 Å². The molecule has 2 unspecified atom stereocenters. The van der Waals surface area contributed by atoms with Crippen molar-refractivity contribution in [3.05, 3.63) is 51.3 Å². The Balaban J connectivity index is 1.88. The van der Waals surface area contributed by atoms with Crippen LogP contribution in [0.4, 0.5) is 5.69 Å². The maximum absolute atomic E-state index is 13.0. The van der Waals surface area contributed by atoms with Crippen LogP contribution in [0.3, 0.4) is 0 Å². The minimum absolute atomic E-state index is 0.0726. The van der Waals surface area contributed by atoms with E-state index in [0.717, 1.165) is 25.7 Å². The van der Waals surface area contributed by atoms with Crippen molar-refractivity contribution < 1.29 is 37.9 Å². The third kappa shape index (κ3) is 6.14. The Morgan fingerprint density at radius 1 is 1.14 bits per heavy atom. The van der Waals surface area contributed by atoms with E-state index in [1.165, 1.54) is 25.3 Å². The van der Waals surface area contributed by atoms with E-state index < -0.39 is 18.8 Å². The van der Waals surface area contributed by atoms with Crippen LogP contribution in [0.1, 0.15) is 47.4 Å². The summed E-state index contributed by atoms with van der Waals surface area (Å²) in [4.78, 5) is 40.6. The molecule has 1 aromatic carbocycles. The van der Waals surface area contributed by atoms with E-state index in [2.05, 4.69) is 4.98 Å². The third-order valence-electron chi connectivity index (χ3n) is 6.46. The van der Waals surface area contributed by atoms with Gasteiger partial charge in [0.15, 0.2) is 0 Å². The lowest BCUT2D eigenvalue weighted by Gasteiger charge is -2.24. The van der Waals surface area contributed by atoms with E-state index in [1.54, 1.807) is 19.9 Å². The zero-order valence-corrected chi connectivity index (χ0v) is 22.1. The van der Waals surface area contributed by atoms with Gasteiger partial charge in [-0.3, -0.25) is 15.1 Å². The van der Waals surface area contributed by atoms with Gasteiger partial charge >= 0.3 is 13.9 Å². The fourth-order valence-electron chi connectivity index (χ4n) is 4.68. The van der Waals surface area contributed by atoms with Gasteiger partial charge in [-0.25, -0.2) is 4.79 Å². The lowest BCUT2D eigenvalue weighted by Crippen LogP contribution is -2.30. The van der Waals surface area contributed by atoms with Gasteiger partial charge in [0, 0.05) is 25.3 Å². The molecule has 2 atom stereocenters. The van der Waals surface area contributed by atoms with Crippen LogP contribution in [0.2, 0.25) is 0 Å². The molecule has 2 saturated heterocycles. The molecule has 0 spiro atoms. The largest absolute Gasteiger partial charge is 0.465 e. The van der Waals surface area contributed by atoms with Crippen molar-refractivity contribution in [3.63, 3.8) is 0 Å². The number of aryl methyl sites for hydroxylation is 2. The summed E-state index contributed by atoms with van der Waals surface area (Å²) in [6.07, 6.45) is 2.91. The molecule has 0 amide bonds. The highest BCUT2D eigenvalue weighted by molar-refractivity contribution is 7.69. The Bertz CT molecular complexity index is 1130. The molecule has 1 N–H and O–H groups in total. The summed E-state index contributed by atoms with van der Waals surface area (Å²) < 4.78 is 28.7. The molecule has 200 valence electrons. The molecule has 2 aromatic rings. The number of methoxy groups -OCH3 is 1. The second-order valence-electron chi connectivity index (χ2n) is 9.06. The highest BCUT2D eigenvalue weighted by atomic mass is 31.2. The summed E-state index contributed by atoms with van der Waals surface area (Å²) in [6.45, 7) is 4.69. The zero-order valence-electron chi connectivity index (χ0n) is 21.2. The Morgan fingerprint density at radius 3 is 2.27 bits per heavy atom. The first-order valence-electron chi connectivity index (χ1n) is 12.2. The SMILES string of the molecule is COC(=O)c1c(C)nc(C)c([P+](O)(OCC2CCCO2)OCC2CCCO2)c1-c1cccc([N+](=O)[O-])c1. The van der Waals surface area contributed by atoms with Gasteiger partial charge in [0.2, 0.25) is 5.30 Å². The molecule has 37 heavy (non-hydrogen) atoms. The first-order chi connectivity index (χ1) is 17.7. The summed E-state index contributed by atoms with van der Waals surface area (Å²) >= 11 is 0. The average molecular weight is 536 g/mol. The minimum atomic E-state index is -3.90. The molecule has 2 aliphatic heterocycles. The van der Waals surface area contributed by atoms with Crippen molar-refractivity contribution in [3.8, 4) is 11.1 Å². The highest BCUT2D eigenvalue weighted by Crippen LogP contribution is 2.59. The normalized spacial score (nSPS) is 21.1. The Labute approximate surface area is 215 Å². The lowest BCUT2D eigenvalue weighted by molar-refractivity contribution is -0.384. The fourth-order valence-corrected chi connectivity index (χ4v) is 6.73. The molecule has 12 heteroatoms. The molecule has 0 bridgehead atoms. The van der Waals surface area contributed by atoms with Crippen LogP contribution in [0, 0.1) is 24.0 Å². The van der Waals surface area contributed by atoms with Crippen molar-refractivity contribution in [2.24, 2.45) is 0 Å². The molecule has 1 aromatic heterocycles. The van der Waals surface area contributed by atoms with Gasteiger partial charge in [-0.2, -0.15) is 13.9 Å². The van der Waals surface area contributed by atoms with E-state index in [1.807, 2.05) is 0 Å². The summed E-state index contributed by atoms with van der Waals surface area (Å²) in [5.41, 5.74) is 1.19. The van der Waals surface area contributed by atoms with Crippen molar-refractivity contribution in [2.75, 3.05) is 33.5 Å². The van der Waals surface area contributed by atoms with Crippen LogP contribution in [0.25, 0.3) is 11.1 Å². The molecule has 0 radical (unpaired) electrons. The number of nitro benzene ring substituents is 1. The smallest absolute Gasteiger partial charge is 0.448 e. The number of nitro groups is 1. The van der Waals surface area contributed by atoms with Gasteiger partial charge in [0.05, 0.1) is 46.8 Å². The van der Waals surface area contributed by atoms with E-state index >= 15 is 0 Å². The van der Waals surface area contributed by atoms with Crippen LogP contribution in [0.5, 0.6) is 0 Å². The number of hydrogen-bond acceptors (Lipinski definition) is 10. The molecule has 2 aliphatic rings. The van der Waals surface area contributed by atoms with Gasteiger partial charge in [-0.1, -0.05) is 12.1 Å². The molecule has 0 aliphatic carbocycles. The number of carbonyl (C=O) groups excluding carboxylic acids is 1. The topological polar surface area (TPSA) is 139 Å². The molecule has 3 heterocycles. The van der Waals surface area contributed by atoms with Crippen molar-refractivity contribution in [2.45, 2.75) is 51.7 Å². The summed E-state index contributed by atoms with van der Waals surface area (Å²) in [7, 11) is -2.67. The second-order valence-corrected chi connectivity index (χ2v) is 11.1. The number of benzene rings is 1. The molecule has 4 rings (SSSR count). The van der Waals surface area contributed by atoms with Crippen LogP contribution in [-0.4, -0.2) is 66.5 Å². The standard InChI is InChI=1S/C25H32N2O9P/c1-16-22(25(28)32-3)23(18-7-4-8-19(13-18)27(29)30)24(17(2)26-16)37(31,35-14-20-9-5-11-33-20)36-15-21-10-6-12-34-21/h4,7-8,13,20-21,31H,5-6,9-12,14-15H2,1-3H3/q+1. The van der Waals surface area contributed by atoms with Crippen molar-refractivity contribution >= 4 is 24.9 Å². The number of rotatable bonds is 10. The number of ether oxygens (including phenoxy) is 3. The Kier molecular flexibility index (Phi) is 8.84. The number of aromatic nitrogens is 1. The first-order valence-corrected chi connectivity index (χ1v) is 13.8. The minimum Gasteiger partial charge on any atom is -0.465 e. The first kappa shape index (κ1) is 27.5. The number of esters is 1. The van der Waals surface area contributed by atoms with Gasteiger partial charge < -0.3 is 14.2 Å². The van der Waals surface area contributed by atoms with Crippen LogP contribution in [0.15, 0.2) is 24.3 Å². The summed E-state index contributed by atoms with van der Waals surface area (Å²) in [6, 6.07) is 5.84. The fraction of sp³-hybridized carbons (Fsp3) is 0.520. The highest BCUT2D eigenvalue weighted by Gasteiger charge is 2.51.